The van der Waals surface area contributed by atoms with E-state index in [0.717, 1.165) is 6.42 Å². The Hall–Kier alpha value is -1.03. The molecule has 1 fully saturated rings. The molecular weight excluding hydrogens is 220 g/mol. The summed E-state index contributed by atoms with van der Waals surface area (Å²) in [5.74, 6) is 1.10. The predicted molar refractivity (Wildman–Crippen MR) is 62.0 cm³/mol. The van der Waals surface area contributed by atoms with Gasteiger partial charge in [-0.1, -0.05) is 13.8 Å². The molecule has 96 valence electrons. The minimum atomic E-state index is -0.382. The molecule has 0 aromatic carbocycles. The lowest BCUT2D eigenvalue weighted by Gasteiger charge is -2.33. The molecule has 0 radical (unpaired) electrons. The second kappa shape index (κ2) is 5.08. The molecule has 0 aromatic heterocycles. The van der Waals surface area contributed by atoms with Gasteiger partial charge in [0.15, 0.2) is 0 Å². The second-order valence-electron chi connectivity index (χ2n) is 4.88. The molecule has 17 heavy (non-hydrogen) atoms. The van der Waals surface area contributed by atoms with Crippen LogP contribution in [0.3, 0.4) is 0 Å². The van der Waals surface area contributed by atoms with Crippen LogP contribution in [0.4, 0.5) is 0 Å². The Labute approximate surface area is 102 Å². The normalized spacial score (nSPS) is 31.8. The Kier molecular flexibility index (Phi) is 3.72. The molecule has 0 amide bonds. The molecule has 4 heteroatoms. The highest BCUT2D eigenvalue weighted by Gasteiger charge is 2.42. The minimum Gasteiger partial charge on any atom is -0.460 e. The van der Waals surface area contributed by atoms with Gasteiger partial charge in [0.25, 0.3) is 0 Å². The molecule has 2 aliphatic heterocycles. The first-order valence-electron chi connectivity index (χ1n) is 6.30. The Bertz CT molecular complexity index is 321. The van der Waals surface area contributed by atoms with Crippen LogP contribution in [0.1, 0.15) is 27.2 Å². The van der Waals surface area contributed by atoms with Gasteiger partial charge in [0, 0.05) is 5.92 Å². The van der Waals surface area contributed by atoms with Crippen molar-refractivity contribution in [3.63, 3.8) is 0 Å². The van der Waals surface area contributed by atoms with Crippen LogP contribution in [0.15, 0.2) is 11.8 Å². The molecule has 3 atom stereocenters. The number of carbonyl (C=O) groups is 1. The first-order chi connectivity index (χ1) is 8.13. The Morgan fingerprint density at radius 2 is 2.35 bits per heavy atom. The van der Waals surface area contributed by atoms with Gasteiger partial charge in [-0.15, -0.1) is 0 Å². The third-order valence-electron chi connectivity index (χ3n) is 3.41. The molecule has 0 saturated carbocycles. The first-order valence-corrected chi connectivity index (χ1v) is 6.30. The van der Waals surface area contributed by atoms with Crippen molar-refractivity contribution < 1.29 is 19.0 Å². The highest BCUT2D eigenvalue weighted by atomic mass is 16.7. The highest BCUT2D eigenvalue weighted by Crippen LogP contribution is 2.39. The van der Waals surface area contributed by atoms with Crippen LogP contribution in [0.25, 0.3) is 0 Å². The van der Waals surface area contributed by atoms with E-state index in [2.05, 4.69) is 13.8 Å². The highest BCUT2D eigenvalue weighted by molar-refractivity contribution is 5.86. The Morgan fingerprint density at radius 3 is 3.00 bits per heavy atom. The molecule has 2 heterocycles. The van der Waals surface area contributed by atoms with Gasteiger partial charge in [0.05, 0.1) is 13.2 Å². The molecule has 1 saturated heterocycles. The smallest absolute Gasteiger partial charge is 0.373 e. The number of carbonyl (C=O) groups excluding carboxylic acids is 1. The van der Waals surface area contributed by atoms with Crippen molar-refractivity contribution in [2.24, 2.45) is 17.8 Å². The number of esters is 1. The Morgan fingerprint density at radius 1 is 1.59 bits per heavy atom. The van der Waals surface area contributed by atoms with Crippen molar-refractivity contribution in [2.45, 2.75) is 33.5 Å². The number of rotatable bonds is 3. The monoisotopic (exact) mass is 240 g/mol. The topological polar surface area (TPSA) is 44.8 Å². The zero-order chi connectivity index (χ0) is 12.4. The lowest BCUT2D eigenvalue weighted by atomic mass is 9.80. The van der Waals surface area contributed by atoms with Crippen LogP contribution in [-0.4, -0.2) is 25.5 Å². The van der Waals surface area contributed by atoms with Gasteiger partial charge in [-0.25, -0.2) is 4.79 Å². The summed E-state index contributed by atoms with van der Waals surface area (Å²) in [6, 6.07) is 0. The van der Waals surface area contributed by atoms with E-state index in [0.29, 0.717) is 36.7 Å². The lowest BCUT2D eigenvalue weighted by Crippen LogP contribution is -2.34. The summed E-state index contributed by atoms with van der Waals surface area (Å²) in [5.41, 5.74) is 0. The third kappa shape index (κ3) is 2.46. The summed E-state index contributed by atoms with van der Waals surface area (Å²) in [4.78, 5) is 11.7. The minimum absolute atomic E-state index is 0.271. The van der Waals surface area contributed by atoms with Crippen molar-refractivity contribution in [2.75, 3.05) is 13.2 Å². The molecule has 2 aliphatic rings. The average Bonchev–Trinajstić information content (AvgIpc) is 2.75. The van der Waals surface area contributed by atoms with Crippen LogP contribution in [0.2, 0.25) is 0 Å². The van der Waals surface area contributed by atoms with Crippen LogP contribution >= 0.6 is 0 Å². The fraction of sp³-hybridized carbons (Fsp3) is 0.769. The zero-order valence-electron chi connectivity index (χ0n) is 10.6. The van der Waals surface area contributed by atoms with Crippen LogP contribution < -0.4 is 0 Å². The molecule has 0 aliphatic carbocycles. The van der Waals surface area contributed by atoms with Gasteiger partial charge in [0.2, 0.25) is 12.0 Å². The van der Waals surface area contributed by atoms with Gasteiger partial charge in [-0.05, 0) is 31.3 Å². The SMILES string of the molecule is CCOC(=O)C1=C[C@H](C(C)C)[C@@H]2CCO[C@@H]2O1. The van der Waals surface area contributed by atoms with E-state index in [1.165, 1.54) is 0 Å². The van der Waals surface area contributed by atoms with Gasteiger partial charge >= 0.3 is 5.97 Å². The van der Waals surface area contributed by atoms with E-state index in [4.69, 9.17) is 14.2 Å². The van der Waals surface area contributed by atoms with Gasteiger partial charge in [-0.3, -0.25) is 0 Å². The molecule has 0 aromatic rings. The molecule has 0 N–H and O–H groups in total. The van der Waals surface area contributed by atoms with Gasteiger partial charge in [-0.2, -0.15) is 0 Å². The second-order valence-corrected chi connectivity index (χ2v) is 4.88. The molecule has 0 bridgehead atoms. The summed E-state index contributed by atoms with van der Waals surface area (Å²) < 4.78 is 16.1. The van der Waals surface area contributed by atoms with Crippen molar-refractivity contribution in [3.8, 4) is 0 Å². The third-order valence-corrected chi connectivity index (χ3v) is 3.41. The fourth-order valence-corrected chi connectivity index (χ4v) is 2.54. The maximum Gasteiger partial charge on any atom is 0.373 e. The summed E-state index contributed by atoms with van der Waals surface area (Å²) in [7, 11) is 0. The van der Waals surface area contributed by atoms with E-state index in [1.54, 1.807) is 6.92 Å². The van der Waals surface area contributed by atoms with E-state index in [-0.39, 0.29) is 12.3 Å². The summed E-state index contributed by atoms with van der Waals surface area (Å²) in [5, 5.41) is 0. The van der Waals surface area contributed by atoms with E-state index in [1.807, 2.05) is 6.08 Å². The van der Waals surface area contributed by atoms with Crippen molar-refractivity contribution in [3.05, 3.63) is 11.8 Å². The number of fused-ring (bicyclic) bond motifs is 1. The maximum atomic E-state index is 11.7. The zero-order valence-corrected chi connectivity index (χ0v) is 10.6. The lowest BCUT2D eigenvalue weighted by molar-refractivity contribution is -0.159. The van der Waals surface area contributed by atoms with Crippen molar-refractivity contribution in [1.82, 2.24) is 0 Å². The van der Waals surface area contributed by atoms with Crippen molar-refractivity contribution in [1.29, 1.82) is 0 Å². The van der Waals surface area contributed by atoms with E-state index < -0.39 is 0 Å². The number of allylic oxidation sites excluding steroid dienone is 1. The molecule has 4 nitrogen and oxygen atoms in total. The predicted octanol–water partition coefficient (Wildman–Crippen LogP) is 2.10. The molecule has 0 spiro atoms. The fourth-order valence-electron chi connectivity index (χ4n) is 2.54. The largest absolute Gasteiger partial charge is 0.460 e. The quantitative estimate of drug-likeness (QED) is 0.709. The molecule has 2 rings (SSSR count). The summed E-state index contributed by atoms with van der Waals surface area (Å²) >= 11 is 0. The number of hydrogen-bond acceptors (Lipinski definition) is 4. The summed E-state index contributed by atoms with van der Waals surface area (Å²) in [6.07, 6.45) is 2.64. The van der Waals surface area contributed by atoms with Crippen LogP contribution in [0.5, 0.6) is 0 Å². The first kappa shape index (κ1) is 12.4. The average molecular weight is 240 g/mol. The standard InChI is InChI=1S/C13H20O4/c1-4-15-12(14)11-7-10(8(2)3)9-5-6-16-13(9)17-11/h7-10,13H,4-6H2,1-3H3/t9-,10+,13+/m0/s1. The van der Waals surface area contributed by atoms with E-state index >= 15 is 0 Å². The molecular formula is C13H20O4. The number of hydrogen-bond donors (Lipinski definition) is 0. The maximum absolute atomic E-state index is 11.7. The van der Waals surface area contributed by atoms with Crippen LogP contribution in [-0.2, 0) is 19.0 Å². The number of ether oxygens (including phenoxy) is 3. The van der Waals surface area contributed by atoms with Crippen LogP contribution in [0, 0.1) is 17.8 Å². The van der Waals surface area contributed by atoms with Crippen molar-refractivity contribution >= 4 is 5.97 Å². The van der Waals surface area contributed by atoms with Gasteiger partial charge < -0.3 is 14.2 Å². The summed E-state index contributed by atoms with van der Waals surface area (Å²) in [6.45, 7) is 7.18. The van der Waals surface area contributed by atoms with E-state index in [9.17, 15) is 4.79 Å². The Balaban J connectivity index is 2.17. The molecule has 0 unspecified atom stereocenters. The van der Waals surface area contributed by atoms with Gasteiger partial charge in [0.1, 0.15) is 0 Å².